The van der Waals surface area contributed by atoms with Crippen LogP contribution in [0.1, 0.15) is 29.2 Å². The second-order valence-corrected chi connectivity index (χ2v) is 5.79. The molecule has 1 atom stereocenters. The number of hydrogen-bond acceptors (Lipinski definition) is 4. The number of amides is 1. The molecule has 2 aromatic rings. The van der Waals surface area contributed by atoms with Crippen LogP contribution in [0.5, 0.6) is 5.75 Å². The first-order valence-corrected chi connectivity index (χ1v) is 7.36. The quantitative estimate of drug-likeness (QED) is 0.919. The maximum absolute atomic E-state index is 11.0. The van der Waals surface area contributed by atoms with Crippen LogP contribution in [0.15, 0.2) is 0 Å². The Balaban J connectivity index is 1.94. The summed E-state index contributed by atoms with van der Waals surface area (Å²) in [7, 11) is 0. The van der Waals surface area contributed by atoms with E-state index in [1.165, 1.54) is 4.90 Å². The predicted molar refractivity (Wildman–Crippen MR) is 80.6 cm³/mol. The van der Waals surface area contributed by atoms with Gasteiger partial charge in [-0.15, -0.1) is 0 Å². The van der Waals surface area contributed by atoms with Crippen LogP contribution in [0.4, 0.5) is 4.79 Å². The van der Waals surface area contributed by atoms with Gasteiger partial charge >= 0.3 is 6.09 Å². The summed E-state index contributed by atoms with van der Waals surface area (Å²) in [6.45, 7) is 8.75. The number of nitrogens with zero attached hydrogens (tertiary/aromatic N) is 4. The molecule has 1 fully saturated rings. The largest absolute Gasteiger partial charge is 0.485 e. The summed E-state index contributed by atoms with van der Waals surface area (Å²) in [5.41, 5.74) is 3.73. The van der Waals surface area contributed by atoms with Gasteiger partial charge in [0.05, 0.1) is 23.6 Å². The minimum absolute atomic E-state index is 0.127. The lowest BCUT2D eigenvalue weighted by Gasteiger charge is -2.18. The number of carbonyl (C=O) groups is 1. The molecule has 0 unspecified atom stereocenters. The van der Waals surface area contributed by atoms with Gasteiger partial charge < -0.3 is 14.7 Å². The van der Waals surface area contributed by atoms with Crippen molar-refractivity contribution in [2.24, 2.45) is 0 Å². The van der Waals surface area contributed by atoms with Gasteiger partial charge in [-0.25, -0.2) is 14.8 Å². The van der Waals surface area contributed by atoms with E-state index in [1.54, 1.807) is 0 Å². The minimum Gasteiger partial charge on any atom is -0.485 e. The first-order valence-electron chi connectivity index (χ1n) is 7.36. The molecule has 1 N–H and O–H groups in total. The van der Waals surface area contributed by atoms with Crippen LogP contribution < -0.4 is 4.74 Å². The Morgan fingerprint density at radius 1 is 1.18 bits per heavy atom. The Morgan fingerprint density at radius 3 is 2.50 bits per heavy atom. The third-order valence-corrected chi connectivity index (χ3v) is 4.29. The SMILES string of the molecule is Cc1nc2nc(C)c(C)n2c(C)c1O[C@@H]1CCN(C(=O)O)C1. The fraction of sp³-hybridized carbons (Fsp3) is 0.533. The maximum Gasteiger partial charge on any atom is 0.407 e. The molecule has 3 rings (SSSR count). The lowest BCUT2D eigenvalue weighted by atomic mass is 10.2. The molecule has 22 heavy (non-hydrogen) atoms. The van der Waals surface area contributed by atoms with Crippen LogP contribution in [0, 0.1) is 27.7 Å². The highest BCUT2D eigenvalue weighted by Crippen LogP contribution is 2.27. The van der Waals surface area contributed by atoms with E-state index < -0.39 is 6.09 Å². The number of hydrogen-bond donors (Lipinski definition) is 1. The number of imidazole rings is 1. The number of aromatic nitrogens is 3. The lowest BCUT2D eigenvalue weighted by Crippen LogP contribution is -2.29. The molecule has 0 bridgehead atoms. The van der Waals surface area contributed by atoms with Crippen molar-refractivity contribution in [2.45, 2.75) is 40.2 Å². The fourth-order valence-corrected chi connectivity index (χ4v) is 2.97. The van der Waals surface area contributed by atoms with E-state index in [1.807, 2.05) is 32.1 Å². The number of carboxylic acid groups (broad SMARTS) is 1. The van der Waals surface area contributed by atoms with E-state index in [9.17, 15) is 4.79 Å². The number of likely N-dealkylation sites (tertiary alicyclic amines) is 1. The Kier molecular flexibility index (Phi) is 3.42. The van der Waals surface area contributed by atoms with Gasteiger partial charge in [0.1, 0.15) is 6.10 Å². The van der Waals surface area contributed by atoms with E-state index in [-0.39, 0.29) is 6.10 Å². The Bertz CT molecular complexity index is 753. The zero-order valence-corrected chi connectivity index (χ0v) is 13.3. The third-order valence-electron chi connectivity index (χ3n) is 4.29. The van der Waals surface area contributed by atoms with E-state index in [0.29, 0.717) is 25.3 Å². The molecular weight excluding hydrogens is 284 g/mol. The number of aryl methyl sites for hydroxylation is 4. The van der Waals surface area contributed by atoms with Gasteiger partial charge in [-0.3, -0.25) is 4.40 Å². The second-order valence-electron chi connectivity index (χ2n) is 5.79. The van der Waals surface area contributed by atoms with Crippen LogP contribution in [0.25, 0.3) is 5.78 Å². The molecule has 1 aliphatic rings. The van der Waals surface area contributed by atoms with E-state index >= 15 is 0 Å². The fourth-order valence-electron chi connectivity index (χ4n) is 2.97. The van der Waals surface area contributed by atoms with Crippen molar-refractivity contribution in [1.29, 1.82) is 0 Å². The van der Waals surface area contributed by atoms with E-state index in [0.717, 1.165) is 28.5 Å². The highest BCUT2D eigenvalue weighted by Gasteiger charge is 2.28. The predicted octanol–water partition coefficient (Wildman–Crippen LogP) is 2.09. The van der Waals surface area contributed by atoms with Gasteiger partial charge in [-0.05, 0) is 27.7 Å². The van der Waals surface area contributed by atoms with Crippen molar-refractivity contribution in [3.63, 3.8) is 0 Å². The molecule has 118 valence electrons. The average Bonchev–Trinajstić information content (AvgIpc) is 3.01. The molecule has 1 amide bonds. The summed E-state index contributed by atoms with van der Waals surface area (Å²) >= 11 is 0. The van der Waals surface area contributed by atoms with Crippen LogP contribution in [-0.4, -0.2) is 49.7 Å². The minimum atomic E-state index is -0.894. The summed E-state index contributed by atoms with van der Waals surface area (Å²) in [5, 5.41) is 9.03. The van der Waals surface area contributed by atoms with Gasteiger partial charge in [0, 0.05) is 18.7 Å². The van der Waals surface area contributed by atoms with Gasteiger partial charge in [0.2, 0.25) is 5.78 Å². The van der Waals surface area contributed by atoms with Crippen LogP contribution in [0.2, 0.25) is 0 Å². The molecule has 0 spiro atoms. The molecule has 7 heteroatoms. The Hall–Kier alpha value is -2.31. The van der Waals surface area contributed by atoms with Crippen molar-refractivity contribution in [3.8, 4) is 5.75 Å². The molecule has 0 radical (unpaired) electrons. The summed E-state index contributed by atoms with van der Waals surface area (Å²) < 4.78 is 8.06. The van der Waals surface area contributed by atoms with Crippen molar-refractivity contribution in [1.82, 2.24) is 19.3 Å². The zero-order chi connectivity index (χ0) is 16.0. The van der Waals surface area contributed by atoms with Crippen molar-refractivity contribution < 1.29 is 14.6 Å². The highest BCUT2D eigenvalue weighted by molar-refractivity contribution is 5.65. The normalized spacial score (nSPS) is 18.2. The summed E-state index contributed by atoms with van der Waals surface area (Å²) in [6.07, 6.45) is -0.322. The standard InChI is InChI=1S/C15H20N4O3/c1-8-10(3)19-11(4)13(9(2)17-14(19)16-8)22-12-5-6-18(7-12)15(20)21/h12H,5-7H2,1-4H3,(H,20,21)/t12-/m1/s1. The van der Waals surface area contributed by atoms with E-state index in [2.05, 4.69) is 9.97 Å². The second kappa shape index (κ2) is 5.15. The lowest BCUT2D eigenvalue weighted by molar-refractivity contribution is 0.145. The molecule has 7 nitrogen and oxygen atoms in total. The highest BCUT2D eigenvalue weighted by atomic mass is 16.5. The van der Waals surface area contributed by atoms with Crippen LogP contribution >= 0.6 is 0 Å². The Morgan fingerprint density at radius 2 is 1.86 bits per heavy atom. The maximum atomic E-state index is 11.0. The van der Waals surface area contributed by atoms with Gasteiger partial charge in [0.15, 0.2) is 5.75 Å². The molecule has 2 aromatic heterocycles. The molecule has 0 aliphatic carbocycles. The first-order chi connectivity index (χ1) is 10.4. The van der Waals surface area contributed by atoms with Crippen LogP contribution in [-0.2, 0) is 0 Å². The zero-order valence-electron chi connectivity index (χ0n) is 13.3. The third kappa shape index (κ3) is 2.26. The molecule has 1 aliphatic heterocycles. The van der Waals surface area contributed by atoms with Crippen molar-refractivity contribution >= 4 is 11.9 Å². The molecular formula is C15H20N4O3. The molecule has 3 heterocycles. The Labute approximate surface area is 128 Å². The summed E-state index contributed by atoms with van der Waals surface area (Å²) in [4.78, 5) is 21.3. The first kappa shape index (κ1) is 14.6. The number of ether oxygens (including phenoxy) is 1. The number of fused-ring (bicyclic) bond motifs is 1. The van der Waals surface area contributed by atoms with Crippen molar-refractivity contribution in [2.75, 3.05) is 13.1 Å². The molecule has 1 saturated heterocycles. The van der Waals surface area contributed by atoms with E-state index in [4.69, 9.17) is 9.84 Å². The molecule has 0 saturated carbocycles. The topological polar surface area (TPSA) is 80.0 Å². The summed E-state index contributed by atoms with van der Waals surface area (Å²) in [6, 6.07) is 0. The van der Waals surface area contributed by atoms with Crippen molar-refractivity contribution in [3.05, 3.63) is 22.8 Å². The van der Waals surface area contributed by atoms with Crippen LogP contribution in [0.3, 0.4) is 0 Å². The van der Waals surface area contributed by atoms with Gasteiger partial charge in [-0.2, -0.15) is 0 Å². The monoisotopic (exact) mass is 304 g/mol. The number of rotatable bonds is 2. The molecule has 0 aromatic carbocycles. The van der Waals surface area contributed by atoms with Gasteiger partial charge in [-0.1, -0.05) is 0 Å². The van der Waals surface area contributed by atoms with Gasteiger partial charge in [0.25, 0.3) is 0 Å². The smallest absolute Gasteiger partial charge is 0.407 e. The average molecular weight is 304 g/mol. The summed E-state index contributed by atoms with van der Waals surface area (Å²) in [5.74, 6) is 1.40.